The number of benzene rings is 1. The maximum absolute atomic E-state index is 13.6. The molecule has 1 unspecified atom stereocenters. The Bertz CT molecular complexity index is 530. The number of piperazine rings is 1. The van der Waals surface area contributed by atoms with Crippen molar-refractivity contribution in [2.75, 3.05) is 26.2 Å². The van der Waals surface area contributed by atoms with Crippen LogP contribution in [0.15, 0.2) is 24.3 Å². The second kappa shape index (κ2) is 5.96. The van der Waals surface area contributed by atoms with E-state index in [4.69, 9.17) is 0 Å². The molecule has 0 spiro atoms. The van der Waals surface area contributed by atoms with Crippen molar-refractivity contribution in [3.05, 3.63) is 35.6 Å². The molecule has 1 aromatic carbocycles. The fourth-order valence-electron chi connectivity index (χ4n) is 2.07. The predicted molar refractivity (Wildman–Crippen MR) is 71.3 cm³/mol. The van der Waals surface area contributed by atoms with Gasteiger partial charge in [0.25, 0.3) is 10.2 Å². The second-order valence-corrected chi connectivity index (χ2v) is 6.22. The molecule has 0 bridgehead atoms. The zero-order valence-electron chi connectivity index (χ0n) is 10.8. The summed E-state index contributed by atoms with van der Waals surface area (Å²) < 4.78 is 41.8. The molecule has 1 aliphatic heterocycles. The van der Waals surface area contributed by atoms with Crippen LogP contribution >= 0.6 is 0 Å². The van der Waals surface area contributed by atoms with Gasteiger partial charge in [-0.1, -0.05) is 18.2 Å². The Morgan fingerprint density at radius 1 is 1.32 bits per heavy atom. The van der Waals surface area contributed by atoms with E-state index in [-0.39, 0.29) is 0 Å². The highest BCUT2D eigenvalue weighted by molar-refractivity contribution is 7.87. The minimum Gasteiger partial charge on any atom is -0.314 e. The third-order valence-electron chi connectivity index (χ3n) is 3.11. The van der Waals surface area contributed by atoms with E-state index in [1.165, 1.54) is 10.4 Å². The molecule has 1 saturated heterocycles. The van der Waals surface area contributed by atoms with E-state index in [1.54, 1.807) is 25.1 Å². The summed E-state index contributed by atoms with van der Waals surface area (Å²) >= 11 is 0. The number of hydrogen-bond acceptors (Lipinski definition) is 3. The topological polar surface area (TPSA) is 61.4 Å². The number of nitrogens with one attached hydrogen (secondary N) is 2. The summed E-state index contributed by atoms with van der Waals surface area (Å²) in [6.07, 6.45) is 0. The Balaban J connectivity index is 2.09. The maximum atomic E-state index is 13.6. The average Bonchev–Trinajstić information content (AvgIpc) is 2.39. The summed E-state index contributed by atoms with van der Waals surface area (Å²) in [7, 11) is -3.57. The Kier molecular flexibility index (Phi) is 4.51. The second-order valence-electron chi connectivity index (χ2n) is 4.52. The normalized spacial score (nSPS) is 19.3. The largest absolute Gasteiger partial charge is 0.314 e. The van der Waals surface area contributed by atoms with Crippen LogP contribution in [0.4, 0.5) is 4.39 Å². The van der Waals surface area contributed by atoms with E-state index in [0.717, 1.165) is 0 Å². The van der Waals surface area contributed by atoms with Crippen LogP contribution in [0.25, 0.3) is 0 Å². The first-order chi connectivity index (χ1) is 9.00. The van der Waals surface area contributed by atoms with Crippen molar-refractivity contribution < 1.29 is 12.8 Å². The third kappa shape index (κ3) is 3.50. The van der Waals surface area contributed by atoms with Crippen LogP contribution in [0.3, 0.4) is 0 Å². The van der Waals surface area contributed by atoms with E-state index in [2.05, 4.69) is 10.0 Å². The highest BCUT2D eigenvalue weighted by atomic mass is 32.2. The fourth-order valence-corrected chi connectivity index (χ4v) is 3.46. The molecule has 0 saturated carbocycles. The standard InChI is InChI=1S/C12H18FN3O2S/c1-10(11-4-2-3-5-12(11)13)15-19(17,18)16-8-6-14-7-9-16/h2-5,10,14-15H,6-9H2,1H3. The molecule has 0 aliphatic carbocycles. The van der Waals surface area contributed by atoms with Gasteiger partial charge in [0.15, 0.2) is 0 Å². The summed E-state index contributed by atoms with van der Waals surface area (Å²) in [5, 5.41) is 3.09. The molecular formula is C12H18FN3O2S. The zero-order valence-corrected chi connectivity index (χ0v) is 11.6. The molecule has 1 heterocycles. The van der Waals surface area contributed by atoms with Gasteiger partial charge in [0.2, 0.25) is 0 Å². The SMILES string of the molecule is CC(NS(=O)(=O)N1CCNCC1)c1ccccc1F. The van der Waals surface area contributed by atoms with E-state index < -0.39 is 22.1 Å². The molecule has 5 nitrogen and oxygen atoms in total. The van der Waals surface area contributed by atoms with Gasteiger partial charge in [-0.05, 0) is 13.0 Å². The fraction of sp³-hybridized carbons (Fsp3) is 0.500. The number of nitrogens with zero attached hydrogens (tertiary/aromatic N) is 1. The van der Waals surface area contributed by atoms with Crippen LogP contribution in [0.1, 0.15) is 18.5 Å². The quantitative estimate of drug-likeness (QED) is 0.854. The Labute approximate surface area is 113 Å². The highest BCUT2D eigenvalue weighted by Crippen LogP contribution is 2.17. The lowest BCUT2D eigenvalue weighted by Gasteiger charge is -2.28. The highest BCUT2D eigenvalue weighted by Gasteiger charge is 2.26. The smallest absolute Gasteiger partial charge is 0.280 e. The summed E-state index contributed by atoms with van der Waals surface area (Å²) in [5.41, 5.74) is 0.348. The lowest BCUT2D eigenvalue weighted by Crippen LogP contribution is -2.50. The molecule has 1 fully saturated rings. The van der Waals surface area contributed by atoms with Crippen molar-refractivity contribution in [3.63, 3.8) is 0 Å². The molecule has 0 amide bonds. The van der Waals surface area contributed by atoms with Crippen molar-refractivity contribution in [2.24, 2.45) is 0 Å². The molecule has 1 aromatic rings. The molecule has 2 N–H and O–H groups in total. The van der Waals surface area contributed by atoms with Crippen LogP contribution in [-0.4, -0.2) is 38.9 Å². The van der Waals surface area contributed by atoms with Crippen LogP contribution in [0.5, 0.6) is 0 Å². The molecule has 7 heteroatoms. The van der Waals surface area contributed by atoms with Crippen molar-refractivity contribution >= 4 is 10.2 Å². The van der Waals surface area contributed by atoms with Crippen molar-refractivity contribution in [2.45, 2.75) is 13.0 Å². The Morgan fingerprint density at radius 2 is 1.95 bits per heavy atom. The zero-order chi connectivity index (χ0) is 13.9. The molecule has 2 rings (SSSR count). The van der Waals surface area contributed by atoms with Gasteiger partial charge in [0, 0.05) is 37.8 Å². The number of rotatable bonds is 4. The Hall–Kier alpha value is -1.02. The molecule has 0 aromatic heterocycles. The lowest BCUT2D eigenvalue weighted by atomic mass is 10.1. The van der Waals surface area contributed by atoms with Crippen molar-refractivity contribution in [3.8, 4) is 0 Å². The van der Waals surface area contributed by atoms with Gasteiger partial charge >= 0.3 is 0 Å². The van der Waals surface area contributed by atoms with Crippen molar-refractivity contribution in [1.29, 1.82) is 0 Å². The first kappa shape index (κ1) is 14.4. The van der Waals surface area contributed by atoms with Crippen LogP contribution < -0.4 is 10.0 Å². The van der Waals surface area contributed by atoms with E-state index in [0.29, 0.717) is 31.7 Å². The molecule has 0 radical (unpaired) electrons. The first-order valence-corrected chi connectivity index (χ1v) is 7.67. The molecule has 1 aliphatic rings. The van der Waals surface area contributed by atoms with Crippen molar-refractivity contribution in [1.82, 2.24) is 14.3 Å². The van der Waals surface area contributed by atoms with Gasteiger partial charge < -0.3 is 5.32 Å². The lowest BCUT2D eigenvalue weighted by molar-refractivity contribution is 0.352. The molecular weight excluding hydrogens is 269 g/mol. The first-order valence-electron chi connectivity index (χ1n) is 6.23. The monoisotopic (exact) mass is 287 g/mol. The van der Waals surface area contributed by atoms with Gasteiger partial charge in [0.1, 0.15) is 5.82 Å². The summed E-state index contributed by atoms with van der Waals surface area (Å²) in [5.74, 6) is -0.405. The van der Waals surface area contributed by atoms with E-state index >= 15 is 0 Å². The number of hydrogen-bond donors (Lipinski definition) is 2. The van der Waals surface area contributed by atoms with Gasteiger partial charge in [0.05, 0.1) is 0 Å². The number of halogens is 1. The average molecular weight is 287 g/mol. The minimum absolute atomic E-state index is 0.348. The molecule has 1 atom stereocenters. The van der Waals surface area contributed by atoms with Gasteiger partial charge in [-0.3, -0.25) is 0 Å². The third-order valence-corrected chi connectivity index (χ3v) is 4.81. The van der Waals surface area contributed by atoms with Crippen LogP contribution in [-0.2, 0) is 10.2 Å². The van der Waals surface area contributed by atoms with E-state index in [9.17, 15) is 12.8 Å². The Morgan fingerprint density at radius 3 is 2.58 bits per heavy atom. The van der Waals surface area contributed by atoms with E-state index in [1.807, 2.05) is 0 Å². The summed E-state index contributed by atoms with van der Waals surface area (Å²) in [6.45, 7) is 3.76. The van der Waals surface area contributed by atoms with Gasteiger partial charge in [-0.2, -0.15) is 17.4 Å². The maximum Gasteiger partial charge on any atom is 0.280 e. The van der Waals surface area contributed by atoms with Gasteiger partial charge in [-0.15, -0.1) is 0 Å². The van der Waals surface area contributed by atoms with Crippen LogP contribution in [0.2, 0.25) is 0 Å². The summed E-state index contributed by atoms with van der Waals surface area (Å²) in [4.78, 5) is 0. The van der Waals surface area contributed by atoms with Crippen LogP contribution in [0, 0.1) is 5.82 Å². The minimum atomic E-state index is -3.57. The van der Waals surface area contributed by atoms with Gasteiger partial charge in [-0.25, -0.2) is 4.39 Å². The summed E-state index contributed by atoms with van der Waals surface area (Å²) in [6, 6.07) is 5.58. The molecule has 106 valence electrons. The predicted octanol–water partition coefficient (Wildman–Crippen LogP) is 0.626. The molecule has 19 heavy (non-hydrogen) atoms.